The Morgan fingerprint density at radius 2 is 2.22 bits per heavy atom. The zero-order chi connectivity index (χ0) is 13.0. The Labute approximate surface area is 113 Å². The average Bonchev–Trinajstić information content (AvgIpc) is 2.82. The van der Waals surface area contributed by atoms with Crippen molar-refractivity contribution in [2.45, 2.75) is 26.2 Å². The number of thiophene rings is 1. The lowest BCUT2D eigenvalue weighted by Gasteiger charge is -2.32. The molecular weight excluding hydrogens is 244 g/mol. The van der Waals surface area contributed by atoms with Gasteiger partial charge in [0.15, 0.2) is 0 Å². The van der Waals surface area contributed by atoms with Crippen molar-refractivity contribution in [1.82, 2.24) is 10.2 Å². The van der Waals surface area contributed by atoms with Crippen LogP contribution in [-0.2, 0) is 0 Å². The highest BCUT2D eigenvalue weighted by Gasteiger charge is 2.24. The molecule has 1 saturated heterocycles. The molecule has 0 aromatic carbocycles. The van der Waals surface area contributed by atoms with Crippen molar-refractivity contribution in [2.75, 3.05) is 26.7 Å². The molecule has 1 aromatic heterocycles. The fourth-order valence-electron chi connectivity index (χ4n) is 2.51. The van der Waals surface area contributed by atoms with Crippen molar-refractivity contribution in [3.05, 3.63) is 21.9 Å². The standard InChI is InChI=1S/C14H22N2OS/c1-11-6-10-18-13(11)14(17)16-8-4-12(5-9-16)3-7-15-2/h6,10,12,15H,3-5,7-9H2,1-2H3. The van der Waals surface area contributed by atoms with Crippen LogP contribution in [0.2, 0.25) is 0 Å². The van der Waals surface area contributed by atoms with Gasteiger partial charge >= 0.3 is 0 Å². The van der Waals surface area contributed by atoms with Gasteiger partial charge in [0, 0.05) is 13.1 Å². The van der Waals surface area contributed by atoms with E-state index in [1.54, 1.807) is 11.3 Å². The Hall–Kier alpha value is -0.870. The van der Waals surface area contributed by atoms with Crippen molar-refractivity contribution in [2.24, 2.45) is 5.92 Å². The van der Waals surface area contributed by atoms with E-state index in [4.69, 9.17) is 0 Å². The number of amides is 1. The van der Waals surface area contributed by atoms with Gasteiger partial charge in [-0.05, 0) is 62.7 Å². The maximum absolute atomic E-state index is 12.3. The van der Waals surface area contributed by atoms with Crippen LogP contribution in [0.5, 0.6) is 0 Å². The molecule has 0 aliphatic carbocycles. The lowest BCUT2D eigenvalue weighted by atomic mass is 9.93. The molecule has 0 radical (unpaired) electrons. The number of nitrogens with one attached hydrogen (secondary N) is 1. The van der Waals surface area contributed by atoms with Gasteiger partial charge in [0.05, 0.1) is 4.88 Å². The first-order chi connectivity index (χ1) is 8.72. The van der Waals surface area contributed by atoms with E-state index >= 15 is 0 Å². The highest BCUT2D eigenvalue weighted by atomic mass is 32.1. The summed E-state index contributed by atoms with van der Waals surface area (Å²) in [6.45, 7) is 4.95. The molecule has 1 N–H and O–H groups in total. The normalized spacial score (nSPS) is 17.1. The molecule has 0 saturated carbocycles. The van der Waals surface area contributed by atoms with Gasteiger partial charge in [0.25, 0.3) is 5.91 Å². The number of aryl methyl sites for hydroxylation is 1. The van der Waals surface area contributed by atoms with Gasteiger partial charge < -0.3 is 10.2 Å². The summed E-state index contributed by atoms with van der Waals surface area (Å²) in [5.41, 5.74) is 1.11. The van der Waals surface area contributed by atoms with E-state index in [9.17, 15) is 4.79 Å². The van der Waals surface area contributed by atoms with Crippen LogP contribution in [0.15, 0.2) is 11.4 Å². The summed E-state index contributed by atoms with van der Waals surface area (Å²) in [5, 5.41) is 5.20. The third-order valence-corrected chi connectivity index (χ3v) is 4.77. The summed E-state index contributed by atoms with van der Waals surface area (Å²) in [5.74, 6) is 1.01. The highest BCUT2D eigenvalue weighted by molar-refractivity contribution is 7.12. The average molecular weight is 266 g/mol. The van der Waals surface area contributed by atoms with Crippen LogP contribution in [0, 0.1) is 12.8 Å². The second-order valence-corrected chi connectivity index (χ2v) is 5.98. The first kappa shape index (κ1) is 13.6. The number of carbonyl (C=O) groups excluding carboxylic acids is 1. The Kier molecular flexibility index (Phi) is 4.78. The largest absolute Gasteiger partial charge is 0.338 e. The summed E-state index contributed by atoms with van der Waals surface area (Å²) in [4.78, 5) is 15.3. The third kappa shape index (κ3) is 3.12. The van der Waals surface area contributed by atoms with E-state index < -0.39 is 0 Å². The van der Waals surface area contributed by atoms with E-state index in [0.717, 1.165) is 48.8 Å². The summed E-state index contributed by atoms with van der Waals surface area (Å²) in [7, 11) is 2.00. The Balaban J connectivity index is 1.86. The topological polar surface area (TPSA) is 32.3 Å². The van der Waals surface area contributed by atoms with Crippen molar-refractivity contribution in [3.8, 4) is 0 Å². The van der Waals surface area contributed by atoms with Crippen molar-refractivity contribution in [1.29, 1.82) is 0 Å². The molecule has 0 bridgehead atoms. The molecule has 2 rings (SSSR count). The number of hydrogen-bond acceptors (Lipinski definition) is 3. The number of nitrogens with zero attached hydrogens (tertiary/aromatic N) is 1. The number of rotatable bonds is 4. The van der Waals surface area contributed by atoms with Gasteiger partial charge in [-0.15, -0.1) is 11.3 Å². The highest BCUT2D eigenvalue weighted by Crippen LogP contribution is 2.24. The molecule has 0 spiro atoms. The monoisotopic (exact) mass is 266 g/mol. The molecule has 1 aromatic rings. The van der Waals surface area contributed by atoms with E-state index in [1.807, 2.05) is 30.3 Å². The smallest absolute Gasteiger partial charge is 0.264 e. The molecule has 3 nitrogen and oxygen atoms in total. The number of piperidine rings is 1. The predicted octanol–water partition coefficient (Wildman–Crippen LogP) is 2.52. The first-order valence-corrected chi connectivity index (χ1v) is 7.58. The molecule has 0 unspecified atom stereocenters. The van der Waals surface area contributed by atoms with Crippen LogP contribution in [0.3, 0.4) is 0 Å². The minimum Gasteiger partial charge on any atom is -0.338 e. The number of likely N-dealkylation sites (tertiary alicyclic amines) is 1. The van der Waals surface area contributed by atoms with E-state index in [1.165, 1.54) is 6.42 Å². The van der Waals surface area contributed by atoms with Crippen LogP contribution in [0.1, 0.15) is 34.5 Å². The van der Waals surface area contributed by atoms with Crippen molar-refractivity contribution in [3.63, 3.8) is 0 Å². The van der Waals surface area contributed by atoms with Gasteiger partial charge in [0.2, 0.25) is 0 Å². The fraction of sp³-hybridized carbons (Fsp3) is 0.643. The number of hydrogen-bond donors (Lipinski definition) is 1. The molecule has 4 heteroatoms. The van der Waals surface area contributed by atoms with Gasteiger partial charge in [-0.3, -0.25) is 4.79 Å². The fourth-order valence-corrected chi connectivity index (χ4v) is 3.40. The molecule has 1 fully saturated rings. The molecule has 2 heterocycles. The Morgan fingerprint density at radius 3 is 2.78 bits per heavy atom. The van der Waals surface area contributed by atoms with Crippen LogP contribution in [0.25, 0.3) is 0 Å². The molecular formula is C14H22N2OS. The van der Waals surface area contributed by atoms with E-state index in [0.29, 0.717) is 0 Å². The molecule has 100 valence electrons. The van der Waals surface area contributed by atoms with E-state index in [-0.39, 0.29) is 5.91 Å². The van der Waals surface area contributed by atoms with Crippen LogP contribution in [-0.4, -0.2) is 37.5 Å². The third-order valence-electron chi connectivity index (χ3n) is 3.76. The molecule has 1 aliphatic rings. The van der Waals surface area contributed by atoms with Crippen molar-refractivity contribution >= 4 is 17.2 Å². The summed E-state index contributed by atoms with van der Waals surface area (Å²) < 4.78 is 0. The first-order valence-electron chi connectivity index (χ1n) is 6.70. The SMILES string of the molecule is CNCCC1CCN(C(=O)c2sccc2C)CC1. The predicted molar refractivity (Wildman–Crippen MR) is 76.2 cm³/mol. The zero-order valence-electron chi connectivity index (χ0n) is 11.2. The Morgan fingerprint density at radius 1 is 1.50 bits per heavy atom. The molecule has 1 aliphatic heterocycles. The minimum atomic E-state index is 0.231. The van der Waals surface area contributed by atoms with Crippen molar-refractivity contribution < 1.29 is 4.79 Å². The maximum atomic E-state index is 12.3. The lowest BCUT2D eigenvalue weighted by molar-refractivity contribution is 0.0691. The second kappa shape index (κ2) is 6.34. The Bertz CT molecular complexity index is 394. The van der Waals surface area contributed by atoms with E-state index in [2.05, 4.69) is 5.32 Å². The second-order valence-electron chi connectivity index (χ2n) is 5.06. The molecule has 1 amide bonds. The zero-order valence-corrected chi connectivity index (χ0v) is 12.1. The summed E-state index contributed by atoms with van der Waals surface area (Å²) in [6, 6.07) is 2.03. The van der Waals surface area contributed by atoms with Gasteiger partial charge in [-0.1, -0.05) is 0 Å². The number of carbonyl (C=O) groups is 1. The quantitative estimate of drug-likeness (QED) is 0.908. The van der Waals surface area contributed by atoms with Gasteiger partial charge in [-0.25, -0.2) is 0 Å². The lowest BCUT2D eigenvalue weighted by Crippen LogP contribution is -2.38. The van der Waals surface area contributed by atoms with Gasteiger partial charge in [-0.2, -0.15) is 0 Å². The molecule has 18 heavy (non-hydrogen) atoms. The summed E-state index contributed by atoms with van der Waals surface area (Å²) in [6.07, 6.45) is 3.53. The summed E-state index contributed by atoms with van der Waals surface area (Å²) >= 11 is 1.56. The molecule has 0 atom stereocenters. The maximum Gasteiger partial charge on any atom is 0.264 e. The van der Waals surface area contributed by atoms with Crippen LogP contribution < -0.4 is 5.32 Å². The van der Waals surface area contributed by atoms with Crippen LogP contribution in [0.4, 0.5) is 0 Å². The van der Waals surface area contributed by atoms with Gasteiger partial charge in [0.1, 0.15) is 0 Å². The van der Waals surface area contributed by atoms with Crippen LogP contribution >= 0.6 is 11.3 Å². The minimum absolute atomic E-state index is 0.231.